The lowest BCUT2D eigenvalue weighted by atomic mass is 9.98. The number of fused-ring (bicyclic) bond motifs is 1. The van der Waals surface area contributed by atoms with Crippen molar-refractivity contribution in [2.75, 3.05) is 27.2 Å². The highest BCUT2D eigenvalue weighted by Gasteiger charge is 2.20. The highest BCUT2D eigenvalue weighted by molar-refractivity contribution is 6.04. The van der Waals surface area contributed by atoms with Gasteiger partial charge in [0.15, 0.2) is 0 Å². The average molecular weight is 453 g/mol. The van der Waals surface area contributed by atoms with Crippen molar-refractivity contribution in [2.24, 2.45) is 5.16 Å². The molecule has 0 bridgehead atoms. The second-order valence-corrected chi connectivity index (χ2v) is 8.80. The molecule has 2 aromatic heterocycles. The van der Waals surface area contributed by atoms with Gasteiger partial charge in [0.2, 0.25) is 0 Å². The first-order valence-corrected chi connectivity index (χ1v) is 11.5. The van der Waals surface area contributed by atoms with Gasteiger partial charge < -0.3 is 19.8 Å². The summed E-state index contributed by atoms with van der Waals surface area (Å²) in [5.74, 6) is 0.867. The molecule has 1 aliphatic rings. The largest absolute Gasteiger partial charge is 0.492 e. The van der Waals surface area contributed by atoms with Gasteiger partial charge in [-0.1, -0.05) is 23.4 Å². The number of likely N-dealkylation sites (N-methyl/N-ethyl adjacent to an activating group) is 1. The number of benzene rings is 2. The summed E-state index contributed by atoms with van der Waals surface area (Å²) in [5, 5.41) is 12.7. The smallest absolute Gasteiger partial charge is 0.119 e. The quantitative estimate of drug-likeness (QED) is 0.288. The number of H-pyrrole nitrogens is 1. The summed E-state index contributed by atoms with van der Waals surface area (Å²) < 4.78 is 5.85. The third-order valence-corrected chi connectivity index (χ3v) is 6.24. The second-order valence-electron chi connectivity index (χ2n) is 8.80. The number of aryl methyl sites for hydroxylation is 1. The van der Waals surface area contributed by atoms with Gasteiger partial charge in [0.25, 0.3) is 0 Å². The minimum atomic E-state index is 0.659. The Labute approximate surface area is 199 Å². The molecule has 0 spiro atoms. The molecular weight excluding hydrogens is 424 g/mol. The third-order valence-electron chi connectivity index (χ3n) is 6.24. The zero-order valence-electron chi connectivity index (χ0n) is 19.5. The molecule has 2 aromatic carbocycles. The molecule has 0 radical (unpaired) electrons. The Balaban J connectivity index is 1.50. The van der Waals surface area contributed by atoms with E-state index in [2.05, 4.69) is 56.4 Å². The van der Waals surface area contributed by atoms with Crippen LogP contribution in [0.2, 0.25) is 0 Å². The lowest BCUT2D eigenvalue weighted by Crippen LogP contribution is -2.19. The fraction of sp³-hybridized carbons (Fsp3) is 0.214. The van der Waals surface area contributed by atoms with Crippen molar-refractivity contribution < 1.29 is 9.94 Å². The van der Waals surface area contributed by atoms with Gasteiger partial charge in [-0.2, -0.15) is 0 Å². The first-order chi connectivity index (χ1) is 16.6. The number of rotatable bonds is 7. The minimum Gasteiger partial charge on any atom is -0.492 e. The van der Waals surface area contributed by atoms with E-state index in [1.807, 2.05) is 50.8 Å². The Kier molecular flexibility index (Phi) is 6.14. The fourth-order valence-electron chi connectivity index (χ4n) is 4.40. The van der Waals surface area contributed by atoms with Crippen molar-refractivity contribution in [2.45, 2.75) is 12.8 Å². The standard InChI is InChI=1S/C28H28N4O2/c1-32(2)15-16-34-23-7-3-19(4-8-23)27-18-25(28(30-27)20-11-13-29-14-12-20)22-5-9-24-21(17-22)6-10-26(24)31-33/h3-5,7-9,11-14,17-18,30,33H,6,10,15-16H2,1-2H3/b31-26+. The van der Waals surface area contributed by atoms with Crippen LogP contribution in [-0.2, 0) is 6.42 Å². The fourth-order valence-corrected chi connectivity index (χ4v) is 4.40. The molecule has 34 heavy (non-hydrogen) atoms. The van der Waals surface area contributed by atoms with E-state index >= 15 is 0 Å². The van der Waals surface area contributed by atoms with Crippen molar-refractivity contribution in [3.63, 3.8) is 0 Å². The molecule has 6 nitrogen and oxygen atoms in total. The van der Waals surface area contributed by atoms with E-state index in [4.69, 9.17) is 4.74 Å². The maximum absolute atomic E-state index is 9.28. The summed E-state index contributed by atoms with van der Waals surface area (Å²) >= 11 is 0. The summed E-state index contributed by atoms with van der Waals surface area (Å²) in [6, 6.07) is 20.8. The first kappa shape index (κ1) is 21.9. The lowest BCUT2D eigenvalue weighted by Gasteiger charge is -2.11. The van der Waals surface area contributed by atoms with Gasteiger partial charge in [0.1, 0.15) is 12.4 Å². The van der Waals surface area contributed by atoms with Crippen LogP contribution in [0, 0.1) is 0 Å². The average Bonchev–Trinajstić information content (AvgIpc) is 3.49. The van der Waals surface area contributed by atoms with Gasteiger partial charge in [-0.25, -0.2) is 0 Å². The van der Waals surface area contributed by atoms with Crippen LogP contribution in [0.5, 0.6) is 5.75 Å². The molecular formula is C28H28N4O2. The number of oxime groups is 1. The summed E-state index contributed by atoms with van der Waals surface area (Å²) in [4.78, 5) is 9.92. The number of hydrogen-bond donors (Lipinski definition) is 2. The Morgan fingerprint density at radius 1 is 0.912 bits per heavy atom. The zero-order chi connectivity index (χ0) is 23.5. The second kappa shape index (κ2) is 9.53. The molecule has 4 aromatic rings. The number of nitrogens with zero attached hydrogens (tertiary/aromatic N) is 3. The molecule has 0 unspecified atom stereocenters. The minimum absolute atomic E-state index is 0.659. The molecule has 0 atom stereocenters. The molecule has 0 saturated heterocycles. The van der Waals surface area contributed by atoms with Gasteiger partial charge in [0.05, 0.1) is 11.4 Å². The van der Waals surface area contributed by atoms with Crippen LogP contribution >= 0.6 is 0 Å². The van der Waals surface area contributed by atoms with Gasteiger partial charge >= 0.3 is 0 Å². The molecule has 1 aliphatic carbocycles. The van der Waals surface area contributed by atoms with E-state index in [-0.39, 0.29) is 0 Å². The topological polar surface area (TPSA) is 73.7 Å². The number of pyridine rings is 1. The normalized spacial score (nSPS) is 14.0. The highest BCUT2D eigenvalue weighted by atomic mass is 16.5. The maximum atomic E-state index is 9.28. The van der Waals surface area contributed by atoms with Crippen LogP contribution < -0.4 is 4.74 Å². The van der Waals surface area contributed by atoms with Crippen molar-refractivity contribution in [1.82, 2.24) is 14.9 Å². The number of ether oxygens (including phenoxy) is 1. The van der Waals surface area contributed by atoms with Crippen LogP contribution in [0.1, 0.15) is 17.5 Å². The van der Waals surface area contributed by atoms with Crippen LogP contribution in [0.15, 0.2) is 78.2 Å². The van der Waals surface area contributed by atoms with Crippen LogP contribution in [0.3, 0.4) is 0 Å². The molecule has 0 aliphatic heterocycles. The molecule has 172 valence electrons. The first-order valence-electron chi connectivity index (χ1n) is 11.5. The van der Waals surface area contributed by atoms with Crippen LogP contribution in [-0.4, -0.2) is 53.0 Å². The van der Waals surface area contributed by atoms with Gasteiger partial charge in [-0.15, -0.1) is 0 Å². The summed E-state index contributed by atoms with van der Waals surface area (Å²) in [7, 11) is 4.08. The Hall–Kier alpha value is -3.90. The van der Waals surface area contributed by atoms with Gasteiger partial charge in [-0.05, 0) is 86.1 Å². The van der Waals surface area contributed by atoms with Crippen molar-refractivity contribution >= 4 is 5.71 Å². The molecule has 0 saturated carbocycles. The monoisotopic (exact) mass is 452 g/mol. The Bertz CT molecular complexity index is 1310. The summed E-state index contributed by atoms with van der Waals surface area (Å²) in [6.07, 6.45) is 5.28. The molecule has 0 fully saturated rings. The predicted molar refractivity (Wildman–Crippen MR) is 136 cm³/mol. The number of aromatic nitrogens is 2. The van der Waals surface area contributed by atoms with Crippen LogP contribution in [0.25, 0.3) is 33.6 Å². The summed E-state index contributed by atoms with van der Waals surface area (Å²) in [6.45, 7) is 1.54. The molecule has 0 amide bonds. The highest BCUT2D eigenvalue weighted by Crippen LogP contribution is 2.38. The van der Waals surface area contributed by atoms with E-state index in [0.29, 0.717) is 6.61 Å². The zero-order valence-corrected chi connectivity index (χ0v) is 19.5. The Morgan fingerprint density at radius 3 is 2.41 bits per heavy atom. The number of hydrogen-bond acceptors (Lipinski definition) is 5. The molecule has 5 rings (SSSR count). The van der Waals surface area contributed by atoms with E-state index < -0.39 is 0 Å². The molecule has 2 N–H and O–H groups in total. The lowest BCUT2D eigenvalue weighted by molar-refractivity contribution is 0.261. The van der Waals surface area contributed by atoms with Crippen LogP contribution in [0.4, 0.5) is 0 Å². The van der Waals surface area contributed by atoms with E-state index in [1.54, 1.807) is 0 Å². The predicted octanol–water partition coefficient (Wildman–Crippen LogP) is 5.48. The Morgan fingerprint density at radius 2 is 1.68 bits per heavy atom. The van der Waals surface area contributed by atoms with Crippen molar-refractivity contribution in [3.05, 3.63) is 84.2 Å². The number of aromatic amines is 1. The number of nitrogens with one attached hydrogen (secondary N) is 1. The van der Waals surface area contributed by atoms with E-state index in [1.165, 1.54) is 5.56 Å². The van der Waals surface area contributed by atoms with Gasteiger partial charge in [0, 0.05) is 41.3 Å². The van der Waals surface area contributed by atoms with Crippen molar-refractivity contribution in [3.8, 4) is 39.4 Å². The van der Waals surface area contributed by atoms with E-state index in [0.717, 1.165) is 70.1 Å². The van der Waals surface area contributed by atoms with E-state index in [9.17, 15) is 5.21 Å². The maximum Gasteiger partial charge on any atom is 0.119 e. The van der Waals surface area contributed by atoms with Gasteiger partial charge in [-0.3, -0.25) is 4.98 Å². The molecule has 6 heteroatoms. The third kappa shape index (κ3) is 4.45. The SMILES string of the molecule is CN(C)CCOc1ccc(-c2cc(-c3ccc4c(c3)CC/C4=N\O)c(-c3ccncc3)[nH]2)cc1. The summed E-state index contributed by atoms with van der Waals surface area (Å²) in [5.41, 5.74) is 9.55. The van der Waals surface area contributed by atoms with Crippen molar-refractivity contribution in [1.29, 1.82) is 0 Å². The molecule has 2 heterocycles.